The molecular formula is C23H25FN4O3. The van der Waals surface area contributed by atoms with Crippen LogP contribution in [-0.4, -0.2) is 45.6 Å². The van der Waals surface area contributed by atoms with Gasteiger partial charge >= 0.3 is 0 Å². The number of aromatic nitrogens is 2. The molecule has 1 aliphatic heterocycles. The van der Waals surface area contributed by atoms with E-state index in [9.17, 15) is 14.0 Å². The summed E-state index contributed by atoms with van der Waals surface area (Å²) in [6.07, 6.45) is 5.45. The average Bonchev–Trinajstić information content (AvgIpc) is 3.42. The Hall–Kier alpha value is -3.42. The van der Waals surface area contributed by atoms with Crippen molar-refractivity contribution in [3.8, 4) is 11.3 Å². The Kier molecular flexibility index (Phi) is 6.16. The van der Waals surface area contributed by atoms with E-state index in [1.807, 2.05) is 4.90 Å². The molecule has 2 aromatic heterocycles. The zero-order chi connectivity index (χ0) is 21.8. The third-order valence-corrected chi connectivity index (χ3v) is 5.54. The Labute approximate surface area is 179 Å². The van der Waals surface area contributed by atoms with Gasteiger partial charge < -0.3 is 14.6 Å². The van der Waals surface area contributed by atoms with Crippen LogP contribution in [0.25, 0.3) is 11.3 Å². The summed E-state index contributed by atoms with van der Waals surface area (Å²) in [5.74, 6) is 0.705. The van der Waals surface area contributed by atoms with Gasteiger partial charge in [0.05, 0.1) is 17.3 Å². The van der Waals surface area contributed by atoms with Gasteiger partial charge in [-0.2, -0.15) is 5.10 Å². The molecule has 7 nitrogen and oxygen atoms in total. The maximum absolute atomic E-state index is 13.9. The summed E-state index contributed by atoms with van der Waals surface area (Å²) in [4.78, 5) is 26.7. The number of hydrogen-bond acceptors (Lipinski definition) is 4. The molecule has 0 unspecified atom stereocenters. The molecule has 1 N–H and O–H groups in total. The van der Waals surface area contributed by atoms with Crippen LogP contribution < -0.4 is 5.32 Å². The first-order valence-electron chi connectivity index (χ1n) is 10.4. The Morgan fingerprint density at radius 2 is 1.97 bits per heavy atom. The van der Waals surface area contributed by atoms with Crippen molar-refractivity contribution >= 4 is 11.8 Å². The van der Waals surface area contributed by atoms with E-state index in [0.29, 0.717) is 48.6 Å². The number of nitrogens with one attached hydrogen (secondary N) is 1. The van der Waals surface area contributed by atoms with Crippen LogP contribution in [0.4, 0.5) is 4.39 Å². The fraction of sp³-hybridized carbons (Fsp3) is 0.348. The molecule has 4 rings (SSSR count). The zero-order valence-electron chi connectivity index (χ0n) is 17.4. The SMILES string of the molecule is Cn1cc(C(=O)NC2CCN(C(=O)CCc3ccc(-c4ccccc4F)o3)CC2)cn1. The van der Waals surface area contributed by atoms with Gasteiger partial charge in [0.1, 0.15) is 17.3 Å². The number of hydrogen-bond donors (Lipinski definition) is 1. The second kappa shape index (κ2) is 9.16. The zero-order valence-corrected chi connectivity index (χ0v) is 17.4. The molecule has 31 heavy (non-hydrogen) atoms. The lowest BCUT2D eigenvalue weighted by atomic mass is 10.0. The van der Waals surface area contributed by atoms with Crippen molar-refractivity contribution in [3.05, 3.63) is 65.9 Å². The van der Waals surface area contributed by atoms with Crippen molar-refractivity contribution in [1.82, 2.24) is 20.0 Å². The number of nitrogens with zero attached hydrogens (tertiary/aromatic N) is 3. The number of carbonyl (C=O) groups excluding carboxylic acids is 2. The number of amides is 2. The predicted molar refractivity (Wildman–Crippen MR) is 113 cm³/mol. The normalized spacial score (nSPS) is 14.6. The largest absolute Gasteiger partial charge is 0.461 e. The van der Waals surface area contributed by atoms with E-state index >= 15 is 0 Å². The molecule has 3 aromatic rings. The third-order valence-electron chi connectivity index (χ3n) is 5.54. The van der Waals surface area contributed by atoms with Crippen molar-refractivity contribution in [2.24, 2.45) is 7.05 Å². The van der Waals surface area contributed by atoms with E-state index in [1.54, 1.807) is 54.5 Å². The molecule has 0 saturated carbocycles. The Morgan fingerprint density at radius 1 is 1.19 bits per heavy atom. The number of rotatable bonds is 6. The summed E-state index contributed by atoms with van der Waals surface area (Å²) >= 11 is 0. The summed E-state index contributed by atoms with van der Waals surface area (Å²) < 4.78 is 21.2. The average molecular weight is 424 g/mol. The van der Waals surface area contributed by atoms with E-state index in [0.717, 1.165) is 12.8 Å². The van der Waals surface area contributed by atoms with Gasteiger partial charge in [0.15, 0.2) is 0 Å². The number of likely N-dealkylation sites (tertiary alicyclic amines) is 1. The molecule has 0 radical (unpaired) electrons. The topological polar surface area (TPSA) is 80.4 Å². The van der Waals surface area contributed by atoms with Gasteiger partial charge in [-0.05, 0) is 37.1 Å². The highest BCUT2D eigenvalue weighted by Gasteiger charge is 2.24. The molecule has 0 atom stereocenters. The standard InChI is InChI=1S/C23H25FN4O3/c1-27-15-16(14-25-27)23(30)26-17-10-12-28(13-11-17)22(29)9-7-18-6-8-21(31-18)19-4-2-3-5-20(19)24/h2-6,8,14-15,17H,7,9-13H2,1H3,(H,26,30). The van der Waals surface area contributed by atoms with Gasteiger partial charge in [-0.25, -0.2) is 4.39 Å². The summed E-state index contributed by atoms with van der Waals surface area (Å²) in [6, 6.07) is 10.0. The van der Waals surface area contributed by atoms with E-state index < -0.39 is 0 Å². The van der Waals surface area contributed by atoms with Crippen LogP contribution in [0, 0.1) is 5.82 Å². The van der Waals surface area contributed by atoms with Gasteiger partial charge in [-0.3, -0.25) is 14.3 Å². The molecule has 162 valence electrons. The van der Waals surface area contributed by atoms with Crippen molar-refractivity contribution in [2.45, 2.75) is 31.7 Å². The molecular weight excluding hydrogens is 399 g/mol. The van der Waals surface area contributed by atoms with Gasteiger partial charge in [-0.1, -0.05) is 12.1 Å². The van der Waals surface area contributed by atoms with E-state index in [4.69, 9.17) is 4.42 Å². The Balaban J connectivity index is 1.23. The van der Waals surface area contributed by atoms with Crippen molar-refractivity contribution in [1.29, 1.82) is 0 Å². The number of halogens is 1. The maximum atomic E-state index is 13.9. The van der Waals surface area contributed by atoms with Crippen molar-refractivity contribution < 1.29 is 18.4 Å². The van der Waals surface area contributed by atoms with E-state index in [2.05, 4.69) is 10.4 Å². The van der Waals surface area contributed by atoms with Gasteiger partial charge in [0, 0.05) is 45.2 Å². The summed E-state index contributed by atoms with van der Waals surface area (Å²) in [5, 5.41) is 7.02. The smallest absolute Gasteiger partial charge is 0.254 e. The van der Waals surface area contributed by atoms with Gasteiger partial charge in [-0.15, -0.1) is 0 Å². The quantitative estimate of drug-likeness (QED) is 0.659. The minimum Gasteiger partial charge on any atom is -0.461 e. The van der Waals surface area contributed by atoms with Gasteiger partial charge in [0.2, 0.25) is 5.91 Å². The first-order chi connectivity index (χ1) is 15.0. The minimum absolute atomic E-state index is 0.0464. The first-order valence-corrected chi connectivity index (χ1v) is 10.4. The van der Waals surface area contributed by atoms with Crippen LogP contribution in [-0.2, 0) is 18.3 Å². The number of piperidine rings is 1. The van der Waals surface area contributed by atoms with Crippen LogP contribution in [0.5, 0.6) is 0 Å². The van der Waals surface area contributed by atoms with Crippen LogP contribution in [0.3, 0.4) is 0 Å². The number of aryl methyl sites for hydroxylation is 2. The Morgan fingerprint density at radius 3 is 2.68 bits per heavy atom. The molecule has 1 aliphatic rings. The lowest BCUT2D eigenvalue weighted by Crippen LogP contribution is -2.46. The number of carbonyl (C=O) groups is 2. The molecule has 8 heteroatoms. The van der Waals surface area contributed by atoms with Crippen molar-refractivity contribution in [3.63, 3.8) is 0 Å². The fourth-order valence-electron chi connectivity index (χ4n) is 3.79. The highest BCUT2D eigenvalue weighted by molar-refractivity contribution is 5.93. The number of furan rings is 1. The minimum atomic E-state index is -0.335. The molecule has 2 amide bonds. The maximum Gasteiger partial charge on any atom is 0.254 e. The monoisotopic (exact) mass is 424 g/mol. The highest BCUT2D eigenvalue weighted by Crippen LogP contribution is 2.25. The summed E-state index contributed by atoms with van der Waals surface area (Å²) in [5.41, 5.74) is 0.949. The first kappa shape index (κ1) is 20.8. The van der Waals surface area contributed by atoms with Gasteiger partial charge in [0.25, 0.3) is 5.91 Å². The van der Waals surface area contributed by atoms with Crippen LogP contribution >= 0.6 is 0 Å². The summed E-state index contributed by atoms with van der Waals surface area (Å²) in [7, 11) is 1.77. The van der Waals surface area contributed by atoms with Crippen LogP contribution in [0.1, 0.15) is 35.4 Å². The molecule has 1 aromatic carbocycles. The van der Waals surface area contributed by atoms with E-state index in [1.165, 1.54) is 6.07 Å². The molecule has 1 saturated heterocycles. The van der Waals surface area contributed by atoms with Crippen LogP contribution in [0.15, 0.2) is 53.2 Å². The number of benzene rings is 1. The summed E-state index contributed by atoms with van der Waals surface area (Å²) in [6.45, 7) is 1.21. The van der Waals surface area contributed by atoms with Crippen LogP contribution in [0.2, 0.25) is 0 Å². The molecule has 0 bridgehead atoms. The molecule has 0 spiro atoms. The van der Waals surface area contributed by atoms with E-state index in [-0.39, 0.29) is 23.7 Å². The second-order valence-electron chi connectivity index (χ2n) is 7.78. The lowest BCUT2D eigenvalue weighted by Gasteiger charge is -2.32. The molecule has 3 heterocycles. The highest BCUT2D eigenvalue weighted by atomic mass is 19.1. The molecule has 1 fully saturated rings. The predicted octanol–water partition coefficient (Wildman–Crippen LogP) is 3.17. The second-order valence-corrected chi connectivity index (χ2v) is 7.78. The lowest BCUT2D eigenvalue weighted by molar-refractivity contribution is -0.132. The fourth-order valence-corrected chi connectivity index (χ4v) is 3.79. The Bertz CT molecular complexity index is 1070. The third kappa shape index (κ3) is 5.02. The van der Waals surface area contributed by atoms with Crippen molar-refractivity contribution in [2.75, 3.05) is 13.1 Å². The molecule has 0 aliphatic carbocycles.